The minimum absolute atomic E-state index is 0.0445. The first-order valence-corrected chi connectivity index (χ1v) is 5.41. The van der Waals surface area contributed by atoms with Crippen LogP contribution in [0.1, 0.15) is 15.9 Å². The van der Waals surface area contributed by atoms with E-state index >= 15 is 0 Å². The average molecular weight is 284 g/mol. The van der Waals surface area contributed by atoms with E-state index in [1.54, 1.807) is 0 Å². The molecule has 0 saturated heterocycles. The molecule has 0 atom stereocenters. The van der Waals surface area contributed by atoms with E-state index in [9.17, 15) is 18.0 Å². The fourth-order valence-electron chi connectivity index (χ4n) is 1.61. The molecule has 1 heterocycles. The summed E-state index contributed by atoms with van der Waals surface area (Å²) >= 11 is 0. The van der Waals surface area contributed by atoms with Gasteiger partial charge >= 0.3 is 19.6 Å². The molecule has 0 bridgehead atoms. The fourth-order valence-corrected chi connectivity index (χ4v) is 1.61. The van der Waals surface area contributed by atoms with Gasteiger partial charge in [-0.2, -0.15) is 18.3 Å². The first-order chi connectivity index (χ1) is 9.31. The van der Waals surface area contributed by atoms with Gasteiger partial charge in [0.1, 0.15) is 0 Å². The van der Waals surface area contributed by atoms with Crippen molar-refractivity contribution in [3.8, 4) is 5.69 Å². The number of carboxylic acids is 1. The van der Waals surface area contributed by atoms with Gasteiger partial charge in [-0.25, -0.2) is 9.48 Å². The fraction of sp³-hybridized carbons (Fsp3) is 0.0909. The quantitative estimate of drug-likeness (QED) is 0.807. The highest BCUT2D eigenvalue weighted by Gasteiger charge is 2.32. The van der Waals surface area contributed by atoms with Crippen LogP contribution < -0.4 is 5.46 Å². The Balaban J connectivity index is 2.57. The monoisotopic (exact) mass is 284 g/mol. The van der Waals surface area contributed by atoms with E-state index in [0.29, 0.717) is 11.5 Å². The smallest absolute Gasteiger partial charge is 0.416 e. The van der Waals surface area contributed by atoms with Crippen molar-refractivity contribution in [2.75, 3.05) is 0 Å². The number of carboxylic acid groups (broad SMARTS) is 1. The van der Waals surface area contributed by atoms with Crippen molar-refractivity contribution in [3.63, 3.8) is 0 Å². The van der Waals surface area contributed by atoms with Gasteiger partial charge < -0.3 is 10.1 Å². The van der Waals surface area contributed by atoms with E-state index in [1.807, 2.05) is 0 Å². The maximum absolute atomic E-state index is 12.7. The average Bonchev–Trinajstić information content (AvgIpc) is 2.86. The molecule has 104 valence electrons. The van der Waals surface area contributed by atoms with Gasteiger partial charge in [0.05, 0.1) is 16.8 Å². The second-order valence-electron chi connectivity index (χ2n) is 4.02. The van der Waals surface area contributed by atoms with Crippen molar-refractivity contribution in [2.45, 2.75) is 6.18 Å². The lowest BCUT2D eigenvalue weighted by Gasteiger charge is -2.10. The summed E-state index contributed by atoms with van der Waals surface area (Å²) in [5.41, 5.74) is -1.21. The predicted molar refractivity (Wildman–Crippen MR) is 64.5 cm³/mol. The lowest BCUT2D eigenvalue weighted by atomic mass is 9.93. The minimum Gasteiger partial charge on any atom is -0.478 e. The molecule has 0 fully saturated rings. The molecule has 5 nitrogen and oxygen atoms in total. The Morgan fingerprint density at radius 2 is 2.00 bits per heavy atom. The van der Waals surface area contributed by atoms with Gasteiger partial charge in [-0.05, 0) is 23.7 Å². The lowest BCUT2D eigenvalue weighted by Crippen LogP contribution is -2.11. The Kier molecular flexibility index (Phi) is 3.54. The van der Waals surface area contributed by atoms with Gasteiger partial charge in [-0.3, -0.25) is 0 Å². The molecule has 1 aromatic carbocycles. The van der Waals surface area contributed by atoms with Crippen LogP contribution >= 0.6 is 0 Å². The number of nitrogens with zero attached hydrogens (tertiary/aromatic N) is 2. The number of hydrogen-bond acceptors (Lipinski definition) is 3. The highest BCUT2D eigenvalue weighted by Crippen LogP contribution is 2.31. The zero-order valence-electron chi connectivity index (χ0n) is 9.92. The summed E-state index contributed by atoms with van der Waals surface area (Å²) in [7, 11) is -0.315. The minimum atomic E-state index is -4.66. The summed E-state index contributed by atoms with van der Waals surface area (Å²) < 4.78 is 39.3. The first-order valence-electron chi connectivity index (χ1n) is 5.41. The Labute approximate surface area is 111 Å². The van der Waals surface area contributed by atoms with Gasteiger partial charge in [0.25, 0.3) is 0 Å². The van der Waals surface area contributed by atoms with Gasteiger partial charge in [0.2, 0.25) is 0 Å². The number of aromatic carboxylic acids is 1. The van der Waals surface area contributed by atoms with E-state index < -0.39 is 23.3 Å². The molecule has 2 aromatic rings. The normalized spacial score (nSPS) is 11.4. The molecule has 0 aliphatic carbocycles. The molecule has 9 heteroatoms. The van der Waals surface area contributed by atoms with Crippen molar-refractivity contribution in [1.29, 1.82) is 0 Å². The van der Waals surface area contributed by atoms with Crippen molar-refractivity contribution in [3.05, 3.63) is 41.7 Å². The highest BCUT2D eigenvalue weighted by molar-refractivity contribution is 6.45. The van der Waals surface area contributed by atoms with Crippen LogP contribution in [0.25, 0.3) is 5.69 Å². The molecular weight excluding hydrogens is 276 g/mol. The van der Waals surface area contributed by atoms with Gasteiger partial charge in [-0.15, -0.1) is 0 Å². The van der Waals surface area contributed by atoms with E-state index in [1.165, 1.54) is 12.4 Å². The van der Waals surface area contributed by atoms with Crippen molar-refractivity contribution < 1.29 is 28.1 Å². The maximum Gasteiger partial charge on any atom is 0.416 e. The van der Waals surface area contributed by atoms with Crippen LogP contribution in [0, 0.1) is 0 Å². The molecule has 0 aliphatic heterocycles. The number of carbonyl (C=O) groups is 1. The zero-order chi connectivity index (χ0) is 14.9. The van der Waals surface area contributed by atoms with Crippen LogP contribution in [0.4, 0.5) is 13.2 Å². The second-order valence-corrected chi connectivity index (χ2v) is 4.02. The Bertz CT molecular complexity index is 655. The van der Waals surface area contributed by atoms with Gasteiger partial charge in [-0.1, -0.05) is 0 Å². The summed E-state index contributed by atoms with van der Waals surface area (Å²) in [4.78, 5) is 10.9. The highest BCUT2D eigenvalue weighted by atomic mass is 19.4. The third kappa shape index (κ3) is 2.82. The summed E-state index contributed by atoms with van der Waals surface area (Å²) in [6.07, 6.45) is -2.06. The molecule has 0 aliphatic rings. The summed E-state index contributed by atoms with van der Waals surface area (Å²) in [6, 6.07) is 2.43. The van der Waals surface area contributed by atoms with Gasteiger partial charge in [0.15, 0.2) is 0 Å². The number of aromatic nitrogens is 2. The summed E-state index contributed by atoms with van der Waals surface area (Å²) in [5.74, 6) is -1.47. The molecule has 20 heavy (non-hydrogen) atoms. The summed E-state index contributed by atoms with van der Waals surface area (Å²) in [6.45, 7) is 0. The Morgan fingerprint density at radius 3 is 2.50 bits per heavy atom. The third-order valence-electron chi connectivity index (χ3n) is 2.58. The maximum atomic E-state index is 12.7. The zero-order valence-corrected chi connectivity index (χ0v) is 9.92. The van der Waals surface area contributed by atoms with Crippen LogP contribution in [0.5, 0.6) is 0 Å². The number of halogens is 3. The van der Waals surface area contributed by atoms with Crippen LogP contribution in [-0.2, 0) is 6.18 Å². The second kappa shape index (κ2) is 5.01. The third-order valence-corrected chi connectivity index (χ3v) is 2.58. The number of hydrogen-bond donors (Lipinski definition) is 2. The Hall–Kier alpha value is -2.29. The molecule has 0 spiro atoms. The van der Waals surface area contributed by atoms with Gasteiger partial charge in [0, 0.05) is 12.4 Å². The number of rotatable bonds is 3. The molecule has 0 radical (unpaired) electrons. The predicted octanol–water partition coefficient (Wildman–Crippen LogP) is 0.558. The molecule has 0 saturated carbocycles. The number of alkyl halides is 3. The van der Waals surface area contributed by atoms with Crippen LogP contribution in [0.2, 0.25) is 0 Å². The van der Waals surface area contributed by atoms with E-state index in [4.69, 9.17) is 10.1 Å². The van der Waals surface area contributed by atoms with E-state index in [2.05, 4.69) is 5.10 Å². The van der Waals surface area contributed by atoms with E-state index in [-0.39, 0.29) is 13.2 Å². The SMILES string of the molecule is O=C(O)c1cc(-n2cc(BO)cn2)cc(C(F)(F)F)c1. The Morgan fingerprint density at radius 1 is 1.30 bits per heavy atom. The molecular formula is C11H8BF3N2O3. The lowest BCUT2D eigenvalue weighted by molar-refractivity contribution is -0.137. The van der Waals surface area contributed by atoms with E-state index in [0.717, 1.165) is 16.8 Å². The standard InChI is InChI=1S/C11H8BF3N2O3/c13-11(14,15)7-1-6(10(18)19)2-9(3-7)17-5-8(12-20)4-16-17/h1-5,12,20H,(H,18,19). The molecule has 1 aromatic heterocycles. The van der Waals surface area contributed by atoms with Crippen LogP contribution in [0.15, 0.2) is 30.6 Å². The van der Waals surface area contributed by atoms with Crippen LogP contribution in [0.3, 0.4) is 0 Å². The molecule has 2 rings (SSSR count). The van der Waals surface area contributed by atoms with Crippen molar-refractivity contribution in [2.24, 2.45) is 0 Å². The van der Waals surface area contributed by atoms with Crippen molar-refractivity contribution >= 4 is 18.9 Å². The van der Waals surface area contributed by atoms with Crippen LogP contribution in [-0.4, -0.2) is 33.4 Å². The number of benzene rings is 1. The largest absolute Gasteiger partial charge is 0.478 e. The molecule has 0 unspecified atom stereocenters. The molecule has 2 N–H and O–H groups in total. The van der Waals surface area contributed by atoms with Crippen molar-refractivity contribution in [1.82, 2.24) is 9.78 Å². The topological polar surface area (TPSA) is 75.3 Å². The molecule has 0 amide bonds. The summed E-state index contributed by atoms with van der Waals surface area (Å²) in [5, 5.41) is 21.5. The first kappa shape index (κ1) is 14.1.